The smallest absolute Gasteiger partial charge is 0.336 e. The zero-order valence-corrected chi connectivity index (χ0v) is 16.9. The summed E-state index contributed by atoms with van der Waals surface area (Å²) < 4.78 is 6.14. The Kier molecular flexibility index (Phi) is 7.38. The van der Waals surface area contributed by atoms with E-state index in [0.29, 0.717) is 11.4 Å². The van der Waals surface area contributed by atoms with Gasteiger partial charge in [0, 0.05) is 18.3 Å². The molecule has 4 N–H and O–H groups in total. The second-order valence-corrected chi connectivity index (χ2v) is 6.71. The molecule has 148 valence electrons. The van der Waals surface area contributed by atoms with Crippen molar-refractivity contribution >= 4 is 70.9 Å². The summed E-state index contributed by atoms with van der Waals surface area (Å²) in [4.78, 5) is 34.2. The topological polar surface area (TPSA) is 114 Å². The molecule has 0 aliphatic heterocycles. The summed E-state index contributed by atoms with van der Waals surface area (Å²) in [6, 6.07) is 8.73. The first-order chi connectivity index (χ1) is 13.2. The van der Waals surface area contributed by atoms with Crippen LogP contribution in [0.4, 0.5) is 21.9 Å². The number of ether oxygens (including phenoxy) is 1. The predicted molar refractivity (Wildman–Crippen MR) is 112 cm³/mol. The van der Waals surface area contributed by atoms with Gasteiger partial charge in [-0.1, -0.05) is 36.0 Å². The van der Waals surface area contributed by atoms with Crippen molar-refractivity contribution in [2.75, 3.05) is 21.5 Å². The van der Waals surface area contributed by atoms with Crippen molar-refractivity contribution in [1.29, 1.82) is 0 Å². The van der Waals surface area contributed by atoms with E-state index in [9.17, 15) is 14.4 Å². The maximum absolute atomic E-state index is 12.4. The van der Waals surface area contributed by atoms with Crippen LogP contribution in [0.1, 0.15) is 6.92 Å². The van der Waals surface area contributed by atoms with E-state index in [1.54, 1.807) is 24.3 Å². The molecular weight excluding hydrogens is 427 g/mol. The van der Waals surface area contributed by atoms with Crippen LogP contribution in [0.3, 0.4) is 0 Å². The summed E-state index contributed by atoms with van der Waals surface area (Å²) in [6.45, 7) is 1.01. The molecule has 0 saturated carbocycles. The number of halogens is 2. The van der Waals surface area contributed by atoms with E-state index < -0.39 is 18.5 Å². The highest BCUT2D eigenvalue weighted by atomic mass is 35.5. The molecule has 0 fully saturated rings. The van der Waals surface area contributed by atoms with Crippen LogP contribution in [0.15, 0.2) is 36.4 Å². The van der Waals surface area contributed by atoms with Crippen LogP contribution >= 0.6 is 36.0 Å². The number of amides is 4. The molecule has 0 aromatic heterocycles. The maximum Gasteiger partial charge on any atom is 0.336 e. The molecular formula is C17H16Cl2N4O4S. The van der Waals surface area contributed by atoms with E-state index in [1.165, 1.54) is 19.1 Å². The molecule has 0 heterocycles. The monoisotopic (exact) mass is 442 g/mol. The lowest BCUT2D eigenvalue weighted by Crippen LogP contribution is -2.26. The number of primary amides is 1. The average Bonchev–Trinajstić information content (AvgIpc) is 2.61. The Labute approximate surface area is 176 Å². The van der Waals surface area contributed by atoms with Crippen LogP contribution in [0, 0.1) is 0 Å². The lowest BCUT2D eigenvalue weighted by Gasteiger charge is -2.18. The number of nitrogens with two attached hydrogens (primary N) is 1. The van der Waals surface area contributed by atoms with Crippen molar-refractivity contribution in [1.82, 2.24) is 0 Å². The van der Waals surface area contributed by atoms with Gasteiger partial charge < -0.3 is 21.1 Å². The third kappa shape index (κ3) is 5.95. The van der Waals surface area contributed by atoms with Crippen LogP contribution < -0.4 is 25.4 Å². The zero-order valence-electron chi connectivity index (χ0n) is 14.5. The fourth-order valence-electron chi connectivity index (χ4n) is 2.08. The molecule has 0 spiro atoms. The number of hydrogen-bond acceptors (Lipinski definition) is 5. The Balaban J connectivity index is 2.10. The highest BCUT2D eigenvalue weighted by Crippen LogP contribution is 2.37. The minimum Gasteiger partial charge on any atom is -0.481 e. The van der Waals surface area contributed by atoms with Gasteiger partial charge in [0.1, 0.15) is 0 Å². The Morgan fingerprint density at radius 1 is 1.07 bits per heavy atom. The van der Waals surface area contributed by atoms with Gasteiger partial charge in [0.05, 0.1) is 15.7 Å². The number of nitrogens with zero attached hydrogens (tertiary/aromatic N) is 1. The summed E-state index contributed by atoms with van der Waals surface area (Å²) in [5.41, 5.74) is 6.37. The lowest BCUT2D eigenvalue weighted by atomic mass is 10.2. The Morgan fingerprint density at radius 2 is 1.57 bits per heavy atom. The number of nitrogens with one attached hydrogen (secondary N) is 2. The Hall–Kier alpha value is -2.62. The standard InChI is InChI=1S/C17H16Cl2N4O4S/c1-9(24)21-10-2-4-11(5-3-10)22-17(26)23(28)12-6-13(18)16(14(19)7-12)27-8-15(20)25/h2-7,28H,8H2,1H3,(H2,20,25)(H,21,24)(H,22,26). The third-order valence-electron chi connectivity index (χ3n) is 3.24. The quantitative estimate of drug-likeness (QED) is 0.510. The first-order valence-corrected chi connectivity index (χ1v) is 8.90. The van der Waals surface area contributed by atoms with Gasteiger partial charge in [-0.3, -0.25) is 9.59 Å². The normalized spacial score (nSPS) is 10.1. The predicted octanol–water partition coefficient (Wildman–Crippen LogP) is 3.70. The highest BCUT2D eigenvalue weighted by Gasteiger charge is 2.17. The summed E-state index contributed by atoms with van der Waals surface area (Å²) in [5, 5.41) is 5.41. The fourth-order valence-corrected chi connectivity index (χ4v) is 2.83. The molecule has 2 rings (SSSR count). The van der Waals surface area contributed by atoms with Crippen LogP contribution in [0.25, 0.3) is 0 Å². The van der Waals surface area contributed by atoms with E-state index in [-0.39, 0.29) is 27.4 Å². The minimum absolute atomic E-state index is 0.0709. The van der Waals surface area contributed by atoms with Gasteiger partial charge in [-0.05, 0) is 36.4 Å². The molecule has 0 unspecified atom stereocenters. The van der Waals surface area contributed by atoms with Gasteiger partial charge in [0.25, 0.3) is 5.91 Å². The first kappa shape index (κ1) is 21.7. The number of benzene rings is 2. The molecule has 0 radical (unpaired) electrons. The van der Waals surface area contributed by atoms with Gasteiger partial charge in [0.15, 0.2) is 12.4 Å². The van der Waals surface area contributed by atoms with Crippen molar-refractivity contribution in [2.24, 2.45) is 5.73 Å². The Bertz CT molecular complexity index is 886. The molecule has 28 heavy (non-hydrogen) atoms. The van der Waals surface area contributed by atoms with Crippen molar-refractivity contribution in [3.05, 3.63) is 46.4 Å². The van der Waals surface area contributed by atoms with E-state index in [4.69, 9.17) is 33.7 Å². The second-order valence-electron chi connectivity index (χ2n) is 5.49. The molecule has 4 amide bonds. The van der Waals surface area contributed by atoms with Crippen molar-refractivity contribution in [3.8, 4) is 5.75 Å². The van der Waals surface area contributed by atoms with Gasteiger partial charge >= 0.3 is 6.03 Å². The molecule has 2 aromatic rings. The van der Waals surface area contributed by atoms with Gasteiger partial charge in [-0.15, -0.1) is 0 Å². The number of hydrogen-bond donors (Lipinski definition) is 4. The van der Waals surface area contributed by atoms with Crippen molar-refractivity contribution in [3.63, 3.8) is 0 Å². The number of urea groups is 1. The van der Waals surface area contributed by atoms with Crippen LogP contribution in [-0.4, -0.2) is 24.5 Å². The van der Waals surface area contributed by atoms with Crippen LogP contribution in [0.5, 0.6) is 5.75 Å². The zero-order chi connectivity index (χ0) is 20.8. The molecule has 0 bridgehead atoms. The van der Waals surface area contributed by atoms with E-state index in [1.807, 2.05) is 0 Å². The molecule has 11 heteroatoms. The number of rotatable bonds is 6. The third-order valence-corrected chi connectivity index (χ3v) is 4.21. The molecule has 8 nitrogen and oxygen atoms in total. The molecule has 2 aromatic carbocycles. The first-order valence-electron chi connectivity index (χ1n) is 7.75. The Morgan fingerprint density at radius 3 is 2.04 bits per heavy atom. The van der Waals surface area contributed by atoms with E-state index in [2.05, 4.69) is 23.4 Å². The molecule has 0 aliphatic carbocycles. The molecule has 0 aliphatic rings. The van der Waals surface area contributed by atoms with Crippen molar-refractivity contribution < 1.29 is 19.1 Å². The number of carbonyl (C=O) groups is 3. The summed E-state index contributed by atoms with van der Waals surface area (Å²) in [7, 11) is 0. The van der Waals surface area contributed by atoms with Crippen LogP contribution in [0.2, 0.25) is 10.0 Å². The van der Waals surface area contributed by atoms with Crippen molar-refractivity contribution in [2.45, 2.75) is 6.92 Å². The highest BCUT2D eigenvalue weighted by molar-refractivity contribution is 7.82. The molecule has 0 atom stereocenters. The SMILES string of the molecule is CC(=O)Nc1ccc(NC(=O)N(S)c2cc(Cl)c(OCC(N)=O)c(Cl)c2)cc1. The fraction of sp³-hybridized carbons (Fsp3) is 0.118. The number of carbonyl (C=O) groups excluding carboxylic acids is 3. The lowest BCUT2D eigenvalue weighted by molar-refractivity contribution is -0.120. The summed E-state index contributed by atoms with van der Waals surface area (Å²) in [6.07, 6.45) is 0. The van der Waals surface area contributed by atoms with Gasteiger partial charge in [-0.25, -0.2) is 9.10 Å². The van der Waals surface area contributed by atoms with E-state index >= 15 is 0 Å². The maximum atomic E-state index is 12.4. The minimum atomic E-state index is -0.684. The number of thiol groups is 1. The van der Waals surface area contributed by atoms with E-state index in [0.717, 1.165) is 4.31 Å². The van der Waals surface area contributed by atoms with Gasteiger partial charge in [-0.2, -0.15) is 0 Å². The summed E-state index contributed by atoms with van der Waals surface area (Å²) >= 11 is 16.4. The average molecular weight is 443 g/mol. The largest absolute Gasteiger partial charge is 0.481 e. The summed E-state index contributed by atoms with van der Waals surface area (Å²) in [5.74, 6) is -0.812. The second kappa shape index (κ2) is 9.54. The van der Waals surface area contributed by atoms with Crippen LogP contribution in [-0.2, 0) is 9.59 Å². The number of anilines is 3. The molecule has 0 saturated heterocycles. The van der Waals surface area contributed by atoms with Gasteiger partial charge in [0.2, 0.25) is 5.91 Å².